The second-order valence-corrected chi connectivity index (χ2v) is 6.14. The van der Waals surface area contributed by atoms with Crippen LogP contribution in [0.5, 0.6) is 0 Å². The molecule has 3 heterocycles. The normalized spacial score (nSPS) is 12.3. The van der Waals surface area contributed by atoms with Crippen LogP contribution < -0.4 is 5.56 Å². The first-order chi connectivity index (χ1) is 10.4. The van der Waals surface area contributed by atoms with Crippen molar-refractivity contribution >= 4 is 17.8 Å². The summed E-state index contributed by atoms with van der Waals surface area (Å²) in [6, 6.07) is 7.22. The summed E-state index contributed by atoms with van der Waals surface area (Å²) in [5.41, 5.74) is 1.99. The van der Waals surface area contributed by atoms with Crippen molar-refractivity contribution in [1.82, 2.24) is 19.2 Å². The molecule has 0 aliphatic heterocycles. The largest absolute Gasteiger partial charge is 0.279 e. The van der Waals surface area contributed by atoms with E-state index < -0.39 is 0 Å². The fourth-order valence-corrected chi connectivity index (χ4v) is 2.31. The second kappa shape index (κ2) is 5.26. The highest BCUT2D eigenvalue weighted by molar-refractivity contribution is 5.68. The van der Waals surface area contributed by atoms with Gasteiger partial charge in [-0.3, -0.25) is 14.5 Å². The van der Waals surface area contributed by atoms with Crippen LogP contribution in [0.4, 0.5) is 0 Å². The smallest absolute Gasteiger partial charge is 0.273 e. The first-order valence-corrected chi connectivity index (χ1v) is 7.15. The molecule has 0 saturated heterocycles. The minimum Gasteiger partial charge on any atom is -0.279 e. The van der Waals surface area contributed by atoms with Gasteiger partial charge in [-0.25, -0.2) is 4.98 Å². The Labute approximate surface area is 128 Å². The molecule has 0 bridgehead atoms. The van der Waals surface area contributed by atoms with Crippen LogP contribution in [-0.4, -0.2) is 19.2 Å². The van der Waals surface area contributed by atoms with Gasteiger partial charge in [0.1, 0.15) is 0 Å². The maximum Gasteiger partial charge on any atom is 0.273 e. The molecule has 0 radical (unpaired) electrons. The van der Waals surface area contributed by atoms with Gasteiger partial charge in [0.2, 0.25) is 0 Å². The maximum absolute atomic E-state index is 12.4. The zero-order valence-electron chi connectivity index (χ0n) is 12.9. The molecule has 3 rings (SSSR count). The summed E-state index contributed by atoms with van der Waals surface area (Å²) >= 11 is 0. The van der Waals surface area contributed by atoms with Gasteiger partial charge in [-0.2, -0.15) is 4.52 Å². The summed E-state index contributed by atoms with van der Waals surface area (Å²) in [6.07, 6.45) is 9.10. The molecule has 0 amide bonds. The van der Waals surface area contributed by atoms with Crippen LogP contribution in [0.3, 0.4) is 0 Å². The topological polar surface area (TPSA) is 52.2 Å². The van der Waals surface area contributed by atoms with E-state index in [1.54, 1.807) is 23.0 Å². The Morgan fingerprint density at radius 3 is 2.68 bits per heavy atom. The Balaban J connectivity index is 2.04. The molecule has 3 aromatic heterocycles. The first kappa shape index (κ1) is 14.3. The summed E-state index contributed by atoms with van der Waals surface area (Å²) in [5.74, 6) is 0. The van der Waals surface area contributed by atoms with Crippen molar-refractivity contribution in [1.29, 1.82) is 0 Å². The molecule has 3 aromatic rings. The Hall–Kier alpha value is -2.69. The Kier molecular flexibility index (Phi) is 3.41. The van der Waals surface area contributed by atoms with Crippen LogP contribution in [0.1, 0.15) is 32.0 Å². The molecule has 0 aliphatic carbocycles. The van der Waals surface area contributed by atoms with Crippen LogP contribution in [0.25, 0.3) is 17.8 Å². The van der Waals surface area contributed by atoms with E-state index in [9.17, 15) is 4.79 Å². The molecular weight excluding hydrogens is 276 g/mol. The Bertz CT molecular complexity index is 882. The predicted molar refractivity (Wildman–Crippen MR) is 87.6 cm³/mol. The van der Waals surface area contributed by atoms with Crippen molar-refractivity contribution in [2.45, 2.75) is 26.3 Å². The lowest BCUT2D eigenvalue weighted by atomic mass is 10.1. The van der Waals surface area contributed by atoms with Crippen molar-refractivity contribution in [3.05, 3.63) is 64.5 Å². The van der Waals surface area contributed by atoms with E-state index in [4.69, 9.17) is 0 Å². The fourth-order valence-electron chi connectivity index (χ4n) is 2.31. The Morgan fingerprint density at radius 1 is 1.18 bits per heavy atom. The van der Waals surface area contributed by atoms with Crippen LogP contribution in [-0.2, 0) is 5.54 Å². The highest BCUT2D eigenvalue weighted by Crippen LogP contribution is 2.15. The van der Waals surface area contributed by atoms with E-state index in [-0.39, 0.29) is 11.1 Å². The summed E-state index contributed by atoms with van der Waals surface area (Å²) in [6.45, 7) is 6.15. The van der Waals surface area contributed by atoms with E-state index in [0.717, 1.165) is 5.56 Å². The SMILES string of the molecule is CC(C)(C)n1ccc2nc(/C=C/c3cccnc3)cc(=O)n21. The monoisotopic (exact) mass is 294 g/mol. The van der Waals surface area contributed by atoms with Gasteiger partial charge in [0, 0.05) is 30.7 Å². The van der Waals surface area contributed by atoms with Gasteiger partial charge in [-0.05, 0) is 38.5 Å². The molecule has 0 fully saturated rings. The highest BCUT2D eigenvalue weighted by Gasteiger charge is 2.16. The molecular formula is C17H18N4O. The number of aromatic nitrogens is 4. The second-order valence-electron chi connectivity index (χ2n) is 6.14. The van der Waals surface area contributed by atoms with Crippen molar-refractivity contribution < 1.29 is 0 Å². The maximum atomic E-state index is 12.4. The van der Waals surface area contributed by atoms with Gasteiger partial charge in [0.25, 0.3) is 5.56 Å². The highest BCUT2D eigenvalue weighted by atomic mass is 16.1. The number of rotatable bonds is 2. The number of nitrogens with zero attached hydrogens (tertiary/aromatic N) is 4. The zero-order valence-corrected chi connectivity index (χ0v) is 12.9. The van der Waals surface area contributed by atoms with E-state index in [0.29, 0.717) is 11.3 Å². The van der Waals surface area contributed by atoms with Gasteiger partial charge < -0.3 is 0 Å². The third-order valence-electron chi connectivity index (χ3n) is 3.34. The molecule has 0 spiro atoms. The van der Waals surface area contributed by atoms with Crippen molar-refractivity contribution in [3.8, 4) is 0 Å². The lowest BCUT2D eigenvalue weighted by Gasteiger charge is -2.22. The van der Waals surface area contributed by atoms with Crippen molar-refractivity contribution in [2.75, 3.05) is 0 Å². The minimum absolute atomic E-state index is 0.0873. The lowest BCUT2D eigenvalue weighted by Crippen LogP contribution is -2.31. The lowest BCUT2D eigenvalue weighted by molar-refractivity contribution is 0.336. The Morgan fingerprint density at radius 2 is 2.00 bits per heavy atom. The summed E-state index contributed by atoms with van der Waals surface area (Å²) in [7, 11) is 0. The number of pyridine rings is 1. The zero-order chi connectivity index (χ0) is 15.7. The van der Waals surface area contributed by atoms with Gasteiger partial charge >= 0.3 is 0 Å². The summed E-state index contributed by atoms with van der Waals surface area (Å²) < 4.78 is 3.49. The van der Waals surface area contributed by atoms with Crippen LogP contribution in [0.15, 0.2) is 47.7 Å². The van der Waals surface area contributed by atoms with Crippen LogP contribution in [0, 0.1) is 0 Å². The summed E-state index contributed by atoms with van der Waals surface area (Å²) in [4.78, 5) is 21.0. The van der Waals surface area contributed by atoms with Crippen LogP contribution >= 0.6 is 0 Å². The first-order valence-electron chi connectivity index (χ1n) is 7.15. The van der Waals surface area contributed by atoms with Gasteiger partial charge in [0.05, 0.1) is 11.2 Å². The number of fused-ring (bicyclic) bond motifs is 1. The van der Waals surface area contributed by atoms with Crippen molar-refractivity contribution in [3.63, 3.8) is 0 Å². The van der Waals surface area contributed by atoms with E-state index in [1.165, 1.54) is 0 Å². The fraction of sp³-hybridized carbons (Fsp3) is 0.235. The average Bonchev–Trinajstić information content (AvgIpc) is 2.91. The third-order valence-corrected chi connectivity index (χ3v) is 3.34. The van der Waals surface area contributed by atoms with Gasteiger partial charge in [0.15, 0.2) is 5.65 Å². The van der Waals surface area contributed by atoms with E-state index in [2.05, 4.69) is 30.7 Å². The molecule has 0 aliphatic rings. The molecule has 112 valence electrons. The molecule has 5 heteroatoms. The molecule has 0 atom stereocenters. The molecule has 0 aromatic carbocycles. The third kappa shape index (κ3) is 2.70. The standard InChI is InChI=1S/C17H18N4O/c1-17(2,3)20-10-8-15-19-14(11-16(22)21(15)20)7-6-13-5-4-9-18-12-13/h4-12H,1-3H3/b7-6+. The minimum atomic E-state index is -0.180. The number of hydrogen-bond donors (Lipinski definition) is 0. The number of hydrogen-bond acceptors (Lipinski definition) is 3. The molecule has 22 heavy (non-hydrogen) atoms. The van der Waals surface area contributed by atoms with E-state index >= 15 is 0 Å². The van der Waals surface area contributed by atoms with Crippen LogP contribution in [0.2, 0.25) is 0 Å². The van der Waals surface area contributed by atoms with E-state index in [1.807, 2.05) is 41.2 Å². The molecule has 0 unspecified atom stereocenters. The van der Waals surface area contributed by atoms with Gasteiger partial charge in [-0.1, -0.05) is 12.1 Å². The average molecular weight is 294 g/mol. The van der Waals surface area contributed by atoms with Crippen molar-refractivity contribution in [2.24, 2.45) is 0 Å². The molecule has 0 N–H and O–H groups in total. The predicted octanol–water partition coefficient (Wildman–Crippen LogP) is 2.82. The molecule has 0 saturated carbocycles. The summed E-state index contributed by atoms with van der Waals surface area (Å²) in [5, 5.41) is 0. The molecule has 5 nitrogen and oxygen atoms in total. The van der Waals surface area contributed by atoms with Gasteiger partial charge in [-0.15, -0.1) is 0 Å². The quantitative estimate of drug-likeness (QED) is 0.730.